The molecule has 3 aromatic rings. The Bertz CT molecular complexity index is 1090. The van der Waals surface area contributed by atoms with Crippen molar-refractivity contribution in [2.45, 2.75) is 19.1 Å². The first-order valence-electron chi connectivity index (χ1n) is 9.38. The number of nitrogens with zero attached hydrogens (tertiary/aromatic N) is 4. The van der Waals surface area contributed by atoms with Crippen LogP contribution in [0.25, 0.3) is 5.65 Å². The minimum Gasteiger partial charge on any atom is -0.365 e. The fourth-order valence-electron chi connectivity index (χ4n) is 3.85. The molecule has 7 nitrogen and oxygen atoms in total. The van der Waals surface area contributed by atoms with Crippen LogP contribution in [-0.2, 0) is 22.5 Å². The van der Waals surface area contributed by atoms with E-state index in [1.165, 1.54) is 20.9 Å². The average Bonchev–Trinajstić information content (AvgIpc) is 3.21. The predicted octanol–water partition coefficient (Wildman–Crippen LogP) is 1.55. The molecule has 5 rings (SSSR count). The van der Waals surface area contributed by atoms with Crippen molar-refractivity contribution in [1.82, 2.24) is 14.3 Å². The minimum atomic E-state index is -0.537. The summed E-state index contributed by atoms with van der Waals surface area (Å²) in [5.74, 6) is 0.607. The molecule has 0 aromatic carbocycles. The van der Waals surface area contributed by atoms with Crippen LogP contribution in [0.2, 0.25) is 0 Å². The monoisotopic (exact) mass is 396 g/mol. The fraction of sp³-hybridized carbons (Fsp3) is 0.350. The van der Waals surface area contributed by atoms with Gasteiger partial charge in [-0.2, -0.15) is 0 Å². The highest BCUT2D eigenvalue weighted by molar-refractivity contribution is 7.10. The van der Waals surface area contributed by atoms with Crippen molar-refractivity contribution >= 4 is 28.7 Å². The average molecular weight is 396 g/mol. The van der Waals surface area contributed by atoms with Gasteiger partial charge in [-0.3, -0.25) is 14.0 Å². The van der Waals surface area contributed by atoms with Gasteiger partial charge < -0.3 is 14.5 Å². The Kier molecular flexibility index (Phi) is 4.37. The Labute approximate surface area is 165 Å². The summed E-state index contributed by atoms with van der Waals surface area (Å²) in [6.07, 6.45) is 2.07. The molecule has 0 spiro atoms. The third-order valence-electron chi connectivity index (χ3n) is 5.34. The number of fused-ring (bicyclic) bond motifs is 2. The summed E-state index contributed by atoms with van der Waals surface area (Å²) < 4.78 is 7.30. The number of hydrogen-bond acceptors (Lipinski definition) is 6. The number of carbonyl (C=O) groups is 1. The standard InChI is InChI=1S/C20H20N4O3S/c25-19-11-18(21-17-3-1-2-6-24(17)19)22-8-9-27-15(13-22)20(26)23-7-4-16-14(12-23)5-10-28-16/h1-3,5-6,10-11,15H,4,7-9,12-13H2. The lowest BCUT2D eigenvalue weighted by molar-refractivity contribution is -0.145. The minimum absolute atomic E-state index is 0.0130. The van der Waals surface area contributed by atoms with Crippen LogP contribution in [0.15, 0.2) is 46.7 Å². The predicted molar refractivity (Wildman–Crippen MR) is 107 cm³/mol. The number of hydrogen-bond donors (Lipinski definition) is 0. The molecule has 3 aromatic heterocycles. The SMILES string of the molecule is O=C(C1CN(c2cc(=O)n3ccccc3n2)CCO1)N1CCc2sccc2C1. The normalized spacial score (nSPS) is 19.6. The maximum Gasteiger partial charge on any atom is 0.259 e. The molecule has 0 N–H and O–H groups in total. The molecule has 0 radical (unpaired) electrons. The maximum atomic E-state index is 13.0. The van der Waals surface area contributed by atoms with E-state index in [1.54, 1.807) is 29.7 Å². The lowest BCUT2D eigenvalue weighted by Gasteiger charge is -2.36. The van der Waals surface area contributed by atoms with Crippen LogP contribution in [-0.4, -0.2) is 52.5 Å². The Morgan fingerprint density at radius 1 is 1.25 bits per heavy atom. The van der Waals surface area contributed by atoms with Crippen LogP contribution < -0.4 is 10.5 Å². The van der Waals surface area contributed by atoms with Gasteiger partial charge in [-0.15, -0.1) is 11.3 Å². The molecule has 8 heteroatoms. The number of anilines is 1. The van der Waals surface area contributed by atoms with Gasteiger partial charge in [-0.05, 0) is 35.6 Å². The molecule has 2 aliphatic rings. The van der Waals surface area contributed by atoms with Gasteiger partial charge in [0.15, 0.2) is 6.10 Å². The number of thiophene rings is 1. The van der Waals surface area contributed by atoms with E-state index in [9.17, 15) is 9.59 Å². The number of morpholine rings is 1. The van der Waals surface area contributed by atoms with E-state index < -0.39 is 6.10 Å². The molecule has 0 saturated carbocycles. The first kappa shape index (κ1) is 17.4. The second kappa shape index (κ2) is 7.03. The van der Waals surface area contributed by atoms with Crippen LogP contribution in [0, 0.1) is 0 Å². The largest absolute Gasteiger partial charge is 0.365 e. The van der Waals surface area contributed by atoms with E-state index in [0.717, 1.165) is 13.0 Å². The number of carbonyl (C=O) groups excluding carboxylic acids is 1. The molecule has 0 bridgehead atoms. The number of rotatable bonds is 2. The number of ether oxygens (including phenoxy) is 1. The van der Waals surface area contributed by atoms with Crippen LogP contribution in [0.1, 0.15) is 10.4 Å². The van der Waals surface area contributed by atoms with Crippen LogP contribution >= 0.6 is 11.3 Å². The van der Waals surface area contributed by atoms with Gasteiger partial charge in [-0.25, -0.2) is 4.98 Å². The fourth-order valence-corrected chi connectivity index (χ4v) is 4.74. The third-order valence-corrected chi connectivity index (χ3v) is 6.37. The zero-order chi connectivity index (χ0) is 19.1. The molecule has 0 aliphatic carbocycles. The van der Waals surface area contributed by atoms with Gasteiger partial charge in [-0.1, -0.05) is 6.07 Å². The van der Waals surface area contributed by atoms with Crippen molar-refractivity contribution in [1.29, 1.82) is 0 Å². The first-order valence-corrected chi connectivity index (χ1v) is 10.3. The van der Waals surface area contributed by atoms with Crippen molar-refractivity contribution in [3.8, 4) is 0 Å². The summed E-state index contributed by atoms with van der Waals surface area (Å²) in [6.45, 7) is 2.81. The molecular formula is C20H20N4O3S. The van der Waals surface area contributed by atoms with Crippen molar-refractivity contribution in [2.24, 2.45) is 0 Å². The Morgan fingerprint density at radius 3 is 3.11 bits per heavy atom. The number of aromatic nitrogens is 2. The summed E-state index contributed by atoms with van der Waals surface area (Å²) in [5.41, 5.74) is 1.71. The van der Waals surface area contributed by atoms with Crippen LogP contribution in [0.5, 0.6) is 0 Å². The molecule has 1 fully saturated rings. The summed E-state index contributed by atoms with van der Waals surface area (Å²) in [7, 11) is 0. The quantitative estimate of drug-likeness (QED) is 0.658. The summed E-state index contributed by atoms with van der Waals surface area (Å²) >= 11 is 1.76. The molecule has 1 atom stereocenters. The number of amides is 1. The van der Waals surface area contributed by atoms with E-state index in [2.05, 4.69) is 16.4 Å². The van der Waals surface area contributed by atoms with Crippen molar-refractivity contribution in [2.75, 3.05) is 31.1 Å². The summed E-state index contributed by atoms with van der Waals surface area (Å²) in [5, 5.41) is 2.08. The van der Waals surface area contributed by atoms with Crippen LogP contribution in [0.4, 0.5) is 5.82 Å². The molecule has 1 unspecified atom stereocenters. The van der Waals surface area contributed by atoms with Crippen molar-refractivity contribution < 1.29 is 9.53 Å². The topological polar surface area (TPSA) is 67.2 Å². The maximum absolute atomic E-state index is 13.0. The second-order valence-electron chi connectivity index (χ2n) is 7.07. The Morgan fingerprint density at radius 2 is 2.18 bits per heavy atom. The zero-order valence-corrected chi connectivity index (χ0v) is 16.1. The van der Waals surface area contributed by atoms with E-state index in [1.807, 2.05) is 15.9 Å². The molecule has 1 saturated heterocycles. The van der Waals surface area contributed by atoms with Gasteiger partial charge in [0.1, 0.15) is 11.5 Å². The molecule has 2 aliphatic heterocycles. The van der Waals surface area contributed by atoms with E-state index in [0.29, 0.717) is 37.7 Å². The van der Waals surface area contributed by atoms with Gasteiger partial charge in [0.25, 0.3) is 11.5 Å². The highest BCUT2D eigenvalue weighted by Crippen LogP contribution is 2.25. The van der Waals surface area contributed by atoms with Gasteiger partial charge in [0.2, 0.25) is 0 Å². The second-order valence-corrected chi connectivity index (χ2v) is 8.07. The number of pyridine rings is 1. The zero-order valence-electron chi connectivity index (χ0n) is 15.3. The first-order chi connectivity index (χ1) is 13.7. The highest BCUT2D eigenvalue weighted by atomic mass is 32.1. The lowest BCUT2D eigenvalue weighted by Crippen LogP contribution is -2.52. The van der Waals surface area contributed by atoms with Gasteiger partial charge in [0.05, 0.1) is 13.2 Å². The van der Waals surface area contributed by atoms with Gasteiger partial charge in [0, 0.05) is 36.8 Å². The smallest absolute Gasteiger partial charge is 0.259 e. The lowest BCUT2D eigenvalue weighted by atomic mass is 10.1. The Hall–Kier alpha value is -2.71. The van der Waals surface area contributed by atoms with E-state index >= 15 is 0 Å². The molecular weight excluding hydrogens is 376 g/mol. The molecule has 28 heavy (non-hydrogen) atoms. The summed E-state index contributed by atoms with van der Waals surface area (Å²) in [4.78, 5) is 35.2. The third kappa shape index (κ3) is 3.08. The molecule has 144 valence electrons. The van der Waals surface area contributed by atoms with E-state index in [-0.39, 0.29) is 11.5 Å². The molecule has 5 heterocycles. The van der Waals surface area contributed by atoms with Crippen LogP contribution in [0.3, 0.4) is 0 Å². The van der Waals surface area contributed by atoms with Gasteiger partial charge >= 0.3 is 0 Å². The Balaban J connectivity index is 1.35. The van der Waals surface area contributed by atoms with Crippen molar-refractivity contribution in [3.63, 3.8) is 0 Å². The summed E-state index contributed by atoms with van der Waals surface area (Å²) in [6, 6.07) is 9.08. The van der Waals surface area contributed by atoms with E-state index in [4.69, 9.17) is 4.74 Å². The van der Waals surface area contributed by atoms with Crippen molar-refractivity contribution in [3.05, 3.63) is 62.7 Å². The highest BCUT2D eigenvalue weighted by Gasteiger charge is 2.32. The molecule has 1 amide bonds.